The summed E-state index contributed by atoms with van der Waals surface area (Å²) >= 11 is 0. The molecule has 1 spiro atoms. The topological polar surface area (TPSA) is 49.9 Å². The monoisotopic (exact) mass is 324 g/mol. The van der Waals surface area contributed by atoms with E-state index in [-0.39, 0.29) is 5.41 Å². The highest BCUT2D eigenvalue weighted by Gasteiger charge is 2.46. The summed E-state index contributed by atoms with van der Waals surface area (Å²) in [6.45, 7) is 5.47. The van der Waals surface area contributed by atoms with E-state index in [1.54, 1.807) is 8.61 Å². The van der Waals surface area contributed by atoms with Crippen LogP contribution in [0.1, 0.15) is 25.3 Å². The van der Waals surface area contributed by atoms with Crippen LogP contribution in [0.3, 0.4) is 0 Å². The van der Waals surface area contributed by atoms with E-state index in [1.165, 1.54) is 0 Å². The van der Waals surface area contributed by atoms with Gasteiger partial charge in [-0.25, -0.2) is 0 Å². The molecule has 0 amide bonds. The van der Waals surface area contributed by atoms with E-state index >= 15 is 0 Å². The summed E-state index contributed by atoms with van der Waals surface area (Å²) in [6, 6.07) is 9.76. The molecular formula is C16H24N2O3S. The van der Waals surface area contributed by atoms with Gasteiger partial charge in [0, 0.05) is 38.2 Å². The first kappa shape index (κ1) is 15.9. The van der Waals surface area contributed by atoms with Crippen molar-refractivity contribution in [1.82, 2.24) is 8.61 Å². The normalized spacial score (nSPS) is 26.3. The number of hydrogen-bond donors (Lipinski definition) is 0. The standard InChI is InChI=1S/C16H24N2O3S/c1-2-17(12-15-6-4-3-5-7-15)22(19,20)18-10-8-16(13-18)9-11-21-14-16/h3-7H,2,8-14H2,1H3/t16-/m0/s1. The van der Waals surface area contributed by atoms with Crippen molar-refractivity contribution in [2.75, 3.05) is 32.8 Å². The summed E-state index contributed by atoms with van der Waals surface area (Å²) < 4.78 is 34.5. The molecule has 122 valence electrons. The van der Waals surface area contributed by atoms with Crippen molar-refractivity contribution in [3.63, 3.8) is 0 Å². The van der Waals surface area contributed by atoms with Crippen molar-refractivity contribution in [2.24, 2.45) is 5.41 Å². The van der Waals surface area contributed by atoms with Gasteiger partial charge in [0.15, 0.2) is 0 Å². The van der Waals surface area contributed by atoms with E-state index in [0.29, 0.717) is 32.8 Å². The van der Waals surface area contributed by atoms with Crippen LogP contribution in [0.15, 0.2) is 30.3 Å². The summed E-state index contributed by atoms with van der Waals surface area (Å²) in [6.07, 6.45) is 1.89. The zero-order valence-corrected chi connectivity index (χ0v) is 13.9. The fraction of sp³-hybridized carbons (Fsp3) is 0.625. The van der Waals surface area contributed by atoms with E-state index in [2.05, 4.69) is 0 Å². The highest BCUT2D eigenvalue weighted by Crippen LogP contribution is 2.39. The number of ether oxygens (including phenoxy) is 1. The Morgan fingerprint density at radius 2 is 2.05 bits per heavy atom. The Morgan fingerprint density at radius 3 is 2.68 bits per heavy atom. The second-order valence-corrected chi connectivity index (χ2v) is 8.23. The molecule has 0 radical (unpaired) electrons. The summed E-state index contributed by atoms with van der Waals surface area (Å²) in [4.78, 5) is 0. The van der Waals surface area contributed by atoms with Crippen LogP contribution in [0, 0.1) is 5.41 Å². The highest BCUT2D eigenvalue weighted by atomic mass is 32.2. The van der Waals surface area contributed by atoms with Gasteiger partial charge in [-0.15, -0.1) is 0 Å². The zero-order valence-electron chi connectivity index (χ0n) is 13.1. The Balaban J connectivity index is 1.73. The number of nitrogens with zero attached hydrogens (tertiary/aromatic N) is 2. The molecule has 2 aliphatic rings. The lowest BCUT2D eigenvalue weighted by Gasteiger charge is -2.28. The van der Waals surface area contributed by atoms with Gasteiger partial charge in [-0.2, -0.15) is 17.0 Å². The molecule has 3 rings (SSSR count). The van der Waals surface area contributed by atoms with Crippen molar-refractivity contribution in [2.45, 2.75) is 26.3 Å². The summed E-state index contributed by atoms with van der Waals surface area (Å²) in [5.41, 5.74) is 1.07. The van der Waals surface area contributed by atoms with Crippen LogP contribution >= 0.6 is 0 Å². The third-order valence-electron chi connectivity index (χ3n) is 4.80. The van der Waals surface area contributed by atoms with Crippen LogP contribution in [0.2, 0.25) is 0 Å². The molecule has 1 aromatic carbocycles. The third-order valence-corrected chi connectivity index (χ3v) is 6.80. The van der Waals surface area contributed by atoms with Crippen molar-refractivity contribution < 1.29 is 13.2 Å². The maximum absolute atomic E-state index is 12.9. The molecule has 0 aliphatic carbocycles. The Morgan fingerprint density at radius 1 is 1.27 bits per heavy atom. The fourth-order valence-corrected chi connectivity index (χ4v) is 5.09. The zero-order chi connectivity index (χ0) is 15.6. The Kier molecular flexibility index (Phi) is 4.54. The van der Waals surface area contributed by atoms with Crippen molar-refractivity contribution in [3.8, 4) is 0 Å². The minimum absolute atomic E-state index is 0.0548. The predicted molar refractivity (Wildman–Crippen MR) is 85.5 cm³/mol. The fourth-order valence-electron chi connectivity index (χ4n) is 3.37. The molecule has 2 fully saturated rings. The Bertz CT molecular complexity index is 597. The molecule has 2 saturated heterocycles. The third kappa shape index (κ3) is 3.06. The quantitative estimate of drug-likeness (QED) is 0.831. The van der Waals surface area contributed by atoms with E-state index in [9.17, 15) is 8.42 Å². The van der Waals surface area contributed by atoms with Crippen molar-refractivity contribution >= 4 is 10.2 Å². The minimum atomic E-state index is -3.40. The van der Waals surface area contributed by atoms with Crippen molar-refractivity contribution in [1.29, 1.82) is 0 Å². The molecule has 2 aliphatic heterocycles. The molecule has 6 heteroatoms. The molecule has 0 saturated carbocycles. The van der Waals surface area contributed by atoms with Gasteiger partial charge in [0.25, 0.3) is 10.2 Å². The van der Waals surface area contributed by atoms with Gasteiger partial charge in [-0.05, 0) is 18.4 Å². The van der Waals surface area contributed by atoms with Gasteiger partial charge in [0.1, 0.15) is 0 Å². The van der Waals surface area contributed by atoms with Gasteiger partial charge in [0.05, 0.1) is 6.61 Å². The lowest BCUT2D eigenvalue weighted by atomic mass is 9.87. The molecule has 1 aromatic rings. The maximum Gasteiger partial charge on any atom is 0.282 e. The maximum atomic E-state index is 12.9. The van der Waals surface area contributed by atoms with Crippen molar-refractivity contribution in [3.05, 3.63) is 35.9 Å². The first-order chi connectivity index (χ1) is 10.6. The van der Waals surface area contributed by atoms with E-state index < -0.39 is 10.2 Å². The largest absolute Gasteiger partial charge is 0.381 e. The van der Waals surface area contributed by atoms with Crippen LogP contribution in [0.25, 0.3) is 0 Å². The number of hydrogen-bond acceptors (Lipinski definition) is 3. The average Bonchev–Trinajstić information content (AvgIpc) is 3.16. The van der Waals surface area contributed by atoms with Gasteiger partial charge < -0.3 is 4.74 Å². The van der Waals surface area contributed by atoms with Crippen LogP contribution in [0.5, 0.6) is 0 Å². The average molecular weight is 324 g/mol. The smallest absolute Gasteiger partial charge is 0.282 e. The van der Waals surface area contributed by atoms with Crippen LogP contribution in [-0.2, 0) is 21.5 Å². The minimum Gasteiger partial charge on any atom is -0.381 e. The second-order valence-electron chi connectivity index (χ2n) is 6.31. The SMILES string of the molecule is CCN(Cc1ccccc1)S(=O)(=O)N1CC[C@]2(CCOC2)C1. The summed E-state index contributed by atoms with van der Waals surface area (Å²) in [7, 11) is -3.40. The first-order valence-electron chi connectivity index (χ1n) is 7.93. The van der Waals surface area contributed by atoms with E-state index in [0.717, 1.165) is 25.0 Å². The first-order valence-corrected chi connectivity index (χ1v) is 9.32. The lowest BCUT2D eigenvalue weighted by molar-refractivity contribution is 0.157. The molecule has 22 heavy (non-hydrogen) atoms. The molecule has 0 bridgehead atoms. The van der Waals surface area contributed by atoms with Gasteiger partial charge >= 0.3 is 0 Å². The molecule has 0 aromatic heterocycles. The van der Waals surface area contributed by atoms with Crippen LogP contribution in [-0.4, -0.2) is 49.9 Å². The summed E-state index contributed by atoms with van der Waals surface area (Å²) in [5, 5.41) is 0. The van der Waals surface area contributed by atoms with E-state index in [1.807, 2.05) is 37.3 Å². The van der Waals surface area contributed by atoms with Gasteiger partial charge in [-0.1, -0.05) is 37.3 Å². The molecule has 5 nitrogen and oxygen atoms in total. The molecule has 0 unspecified atom stereocenters. The Labute approximate surface area is 133 Å². The molecular weight excluding hydrogens is 300 g/mol. The molecule has 0 N–H and O–H groups in total. The predicted octanol–water partition coefficient (Wildman–Crippen LogP) is 1.87. The lowest BCUT2D eigenvalue weighted by Crippen LogP contribution is -2.43. The van der Waals surface area contributed by atoms with Crippen LogP contribution in [0.4, 0.5) is 0 Å². The van der Waals surface area contributed by atoms with Gasteiger partial charge in [0.2, 0.25) is 0 Å². The highest BCUT2D eigenvalue weighted by molar-refractivity contribution is 7.86. The number of benzene rings is 1. The molecule has 2 heterocycles. The van der Waals surface area contributed by atoms with Gasteiger partial charge in [-0.3, -0.25) is 0 Å². The molecule has 1 atom stereocenters. The summed E-state index contributed by atoms with van der Waals surface area (Å²) in [5.74, 6) is 0. The Hall–Kier alpha value is -0.950. The second kappa shape index (κ2) is 6.28. The van der Waals surface area contributed by atoms with E-state index in [4.69, 9.17) is 4.74 Å². The number of rotatable bonds is 5. The van der Waals surface area contributed by atoms with Crippen LogP contribution < -0.4 is 0 Å².